The Morgan fingerprint density at radius 1 is 0.938 bits per heavy atom. The third-order valence-electron chi connectivity index (χ3n) is 2.72. The lowest BCUT2D eigenvalue weighted by atomic mass is 10.1. The minimum atomic E-state index is -0.492. The van der Waals surface area contributed by atoms with E-state index in [1.54, 1.807) is 0 Å². The molecule has 1 rings (SSSR count). The Bertz CT molecular complexity index is 293. The molecule has 0 spiro atoms. The lowest BCUT2D eigenvalue weighted by molar-refractivity contribution is -0.750. The molecule has 1 nitrogen and oxygen atoms in total. The van der Waals surface area contributed by atoms with Crippen molar-refractivity contribution in [3.8, 4) is 0 Å². The molecule has 0 radical (unpaired) electrons. The predicted molar refractivity (Wildman–Crippen MR) is 59.9 cm³/mol. The first-order valence-corrected chi connectivity index (χ1v) is 6.09. The normalized spacial score (nSPS) is 10.7. The van der Waals surface area contributed by atoms with Crippen molar-refractivity contribution in [3.05, 3.63) is 30.1 Å². The Hall–Kier alpha value is -0.990. The molecule has 0 aliphatic rings. The van der Waals surface area contributed by atoms with Gasteiger partial charge in [-0.3, -0.25) is 0 Å². The minimum Gasteiger partial charge on any atom is -0.142 e. The van der Waals surface area contributed by atoms with Crippen molar-refractivity contribution in [1.29, 1.82) is 0 Å². The molecule has 3 heteroatoms. The molecule has 0 saturated heterocycles. The molecule has 0 saturated carbocycles. The van der Waals surface area contributed by atoms with Gasteiger partial charge in [0.25, 0.3) is 0 Å². The van der Waals surface area contributed by atoms with Gasteiger partial charge >= 0.3 is 11.9 Å². The Kier molecular flexibility index (Phi) is 5.98. The van der Waals surface area contributed by atoms with E-state index in [1.807, 2.05) is 0 Å². The number of aromatic nitrogens is 1. The van der Waals surface area contributed by atoms with Crippen molar-refractivity contribution in [2.75, 3.05) is 0 Å². The fraction of sp³-hybridized carbons (Fsp3) is 0.615. The van der Waals surface area contributed by atoms with Crippen LogP contribution in [-0.4, -0.2) is 0 Å². The molecule has 0 aliphatic carbocycles. The van der Waals surface area contributed by atoms with E-state index in [0.717, 1.165) is 23.8 Å². The molecule has 1 aromatic rings. The molecule has 0 amide bonds. The largest absolute Gasteiger partial charge is 0.361 e. The first kappa shape index (κ1) is 13.1. The van der Waals surface area contributed by atoms with Gasteiger partial charge in [0.15, 0.2) is 6.54 Å². The highest BCUT2D eigenvalue weighted by molar-refractivity contribution is 4.87. The molecular formula is C13H20F2N+. The first-order chi connectivity index (χ1) is 7.75. The minimum absolute atomic E-state index is 0.435. The Labute approximate surface area is 96.1 Å². The predicted octanol–water partition coefficient (Wildman–Crippen LogP) is 3.61. The summed E-state index contributed by atoms with van der Waals surface area (Å²) in [7, 11) is 0. The van der Waals surface area contributed by atoms with Crippen LogP contribution in [0.1, 0.15) is 45.4 Å². The highest BCUT2D eigenvalue weighted by atomic mass is 19.1. The van der Waals surface area contributed by atoms with Gasteiger partial charge in [-0.1, -0.05) is 32.6 Å². The summed E-state index contributed by atoms with van der Waals surface area (Å²) in [4.78, 5) is 0. The lowest BCUT2D eigenvalue weighted by Crippen LogP contribution is -2.42. The van der Waals surface area contributed by atoms with Crippen LogP contribution in [0.3, 0.4) is 0 Å². The molecule has 0 fully saturated rings. The molecule has 1 heterocycles. The SMILES string of the molecule is CCCCCCCC[n+]1c(F)cccc1F. The number of hydrogen-bond donors (Lipinski definition) is 0. The summed E-state index contributed by atoms with van der Waals surface area (Å²) in [6.45, 7) is 2.61. The molecule has 0 aromatic carbocycles. The van der Waals surface area contributed by atoms with E-state index in [4.69, 9.17) is 0 Å². The number of nitrogens with zero attached hydrogens (tertiary/aromatic N) is 1. The summed E-state index contributed by atoms with van der Waals surface area (Å²) in [6, 6.07) is 3.97. The molecule has 0 atom stereocenters. The van der Waals surface area contributed by atoms with Gasteiger partial charge in [0.2, 0.25) is 0 Å². The Morgan fingerprint density at radius 3 is 2.12 bits per heavy atom. The Balaban J connectivity index is 2.26. The number of rotatable bonds is 7. The maximum absolute atomic E-state index is 13.2. The first-order valence-electron chi connectivity index (χ1n) is 6.09. The summed E-state index contributed by atoms with van der Waals surface area (Å²) in [5.74, 6) is -0.984. The summed E-state index contributed by atoms with van der Waals surface area (Å²) in [6.07, 6.45) is 6.73. The van der Waals surface area contributed by atoms with Crippen LogP contribution in [0, 0.1) is 11.9 Å². The number of hydrogen-bond acceptors (Lipinski definition) is 0. The van der Waals surface area contributed by atoms with Gasteiger partial charge in [-0.2, -0.15) is 0 Å². The zero-order chi connectivity index (χ0) is 11.8. The van der Waals surface area contributed by atoms with Gasteiger partial charge < -0.3 is 0 Å². The van der Waals surface area contributed by atoms with Gasteiger partial charge in [-0.15, -0.1) is 13.3 Å². The summed E-state index contributed by atoms with van der Waals surface area (Å²) in [5.41, 5.74) is 0. The summed E-state index contributed by atoms with van der Waals surface area (Å²) in [5, 5.41) is 0. The van der Waals surface area contributed by atoms with Crippen LogP contribution in [0.4, 0.5) is 8.78 Å². The van der Waals surface area contributed by atoms with E-state index < -0.39 is 11.9 Å². The number of halogens is 2. The summed E-state index contributed by atoms with van der Waals surface area (Å²) < 4.78 is 27.5. The number of pyridine rings is 1. The average molecular weight is 228 g/mol. The molecule has 0 aliphatic heterocycles. The van der Waals surface area contributed by atoms with Crippen molar-refractivity contribution in [2.24, 2.45) is 0 Å². The quantitative estimate of drug-likeness (QED) is 0.381. The van der Waals surface area contributed by atoms with Crippen molar-refractivity contribution in [3.63, 3.8) is 0 Å². The highest BCUT2D eigenvalue weighted by Gasteiger charge is 2.14. The van der Waals surface area contributed by atoms with Gasteiger partial charge in [-0.25, -0.2) is 0 Å². The van der Waals surface area contributed by atoms with Gasteiger partial charge in [0.1, 0.15) is 0 Å². The van der Waals surface area contributed by atoms with Crippen molar-refractivity contribution in [2.45, 2.75) is 52.0 Å². The van der Waals surface area contributed by atoms with Crippen molar-refractivity contribution in [1.82, 2.24) is 0 Å². The van der Waals surface area contributed by atoms with Gasteiger partial charge in [0.05, 0.1) is 0 Å². The lowest BCUT2D eigenvalue weighted by Gasteiger charge is -2.00. The highest BCUT2D eigenvalue weighted by Crippen LogP contribution is 2.05. The fourth-order valence-corrected chi connectivity index (χ4v) is 1.75. The third-order valence-corrected chi connectivity index (χ3v) is 2.72. The second-order valence-corrected chi connectivity index (χ2v) is 4.09. The molecular weight excluding hydrogens is 208 g/mol. The monoisotopic (exact) mass is 228 g/mol. The van der Waals surface area contributed by atoms with E-state index in [0.29, 0.717) is 6.54 Å². The number of unbranched alkanes of at least 4 members (excludes halogenated alkanes) is 5. The molecule has 16 heavy (non-hydrogen) atoms. The second kappa shape index (κ2) is 7.31. The van der Waals surface area contributed by atoms with Crippen LogP contribution < -0.4 is 4.57 Å². The van der Waals surface area contributed by atoms with Crippen LogP contribution >= 0.6 is 0 Å². The van der Waals surface area contributed by atoms with Crippen LogP contribution in [0.5, 0.6) is 0 Å². The molecule has 0 unspecified atom stereocenters. The van der Waals surface area contributed by atoms with Crippen LogP contribution in [0.2, 0.25) is 0 Å². The van der Waals surface area contributed by atoms with Crippen molar-refractivity contribution < 1.29 is 13.3 Å². The summed E-state index contributed by atoms with van der Waals surface area (Å²) >= 11 is 0. The van der Waals surface area contributed by atoms with Crippen LogP contribution in [0.15, 0.2) is 18.2 Å². The zero-order valence-electron chi connectivity index (χ0n) is 9.88. The maximum Gasteiger partial charge on any atom is 0.361 e. The van der Waals surface area contributed by atoms with E-state index in [-0.39, 0.29) is 0 Å². The Morgan fingerprint density at radius 2 is 1.50 bits per heavy atom. The van der Waals surface area contributed by atoms with Crippen LogP contribution in [-0.2, 0) is 6.54 Å². The van der Waals surface area contributed by atoms with Gasteiger partial charge in [0, 0.05) is 18.6 Å². The molecule has 1 aromatic heterocycles. The fourth-order valence-electron chi connectivity index (χ4n) is 1.75. The van der Waals surface area contributed by atoms with E-state index in [9.17, 15) is 8.78 Å². The van der Waals surface area contributed by atoms with E-state index >= 15 is 0 Å². The van der Waals surface area contributed by atoms with E-state index in [2.05, 4.69) is 6.92 Å². The zero-order valence-corrected chi connectivity index (χ0v) is 9.88. The molecule has 90 valence electrons. The molecule has 0 N–H and O–H groups in total. The smallest absolute Gasteiger partial charge is 0.142 e. The third kappa shape index (κ3) is 4.25. The van der Waals surface area contributed by atoms with E-state index in [1.165, 1.54) is 37.5 Å². The maximum atomic E-state index is 13.2. The second-order valence-electron chi connectivity index (χ2n) is 4.09. The van der Waals surface area contributed by atoms with Crippen LogP contribution in [0.25, 0.3) is 0 Å². The van der Waals surface area contributed by atoms with Gasteiger partial charge in [-0.05, 0) is 12.5 Å². The average Bonchev–Trinajstić information content (AvgIpc) is 2.26. The topological polar surface area (TPSA) is 3.88 Å². The molecule has 0 bridgehead atoms. The standard InChI is InChI=1S/C13H20F2N/c1-2-3-4-5-6-7-11-16-12(14)9-8-10-13(16)15/h8-10H,2-7,11H2,1H3/q+1. The van der Waals surface area contributed by atoms with Crippen molar-refractivity contribution >= 4 is 0 Å².